The van der Waals surface area contributed by atoms with Crippen LogP contribution in [0.4, 0.5) is 0 Å². The molecule has 0 spiro atoms. The first kappa shape index (κ1) is 12.6. The Morgan fingerprint density at radius 3 is 2.56 bits per heavy atom. The summed E-state index contributed by atoms with van der Waals surface area (Å²) in [4.78, 5) is 1.08. The van der Waals surface area contributed by atoms with E-state index in [1.165, 1.54) is 6.42 Å². The molecule has 88 valence electrons. The molecule has 0 radical (unpaired) electrons. The predicted octanol–water partition coefficient (Wildman–Crippen LogP) is 4.39. The molecular weight excluding hydrogens is 263 g/mol. The molecule has 0 saturated heterocycles. The zero-order valence-corrected chi connectivity index (χ0v) is 11.2. The fourth-order valence-corrected chi connectivity index (χ4v) is 3.56. The lowest BCUT2D eigenvalue weighted by molar-refractivity contribution is 0.137. The fourth-order valence-electron chi connectivity index (χ4n) is 1.94. The average Bonchev–Trinajstić information content (AvgIpc) is 2.27. The standard InChI is InChI=1S/C12H14Cl2OS/c13-9-6-5-8(7-10(9)14)16-12-4-2-1-3-11(12)15/h5-7,11-12,15H,1-4H2/t11-,12-/m0/s1. The van der Waals surface area contributed by atoms with Crippen molar-refractivity contribution >= 4 is 35.0 Å². The van der Waals surface area contributed by atoms with E-state index < -0.39 is 0 Å². The van der Waals surface area contributed by atoms with Crippen LogP contribution in [-0.2, 0) is 0 Å². The zero-order valence-electron chi connectivity index (χ0n) is 8.83. The van der Waals surface area contributed by atoms with E-state index in [2.05, 4.69) is 0 Å². The summed E-state index contributed by atoms with van der Waals surface area (Å²) in [5, 5.41) is 11.3. The topological polar surface area (TPSA) is 20.2 Å². The monoisotopic (exact) mass is 276 g/mol. The van der Waals surface area contributed by atoms with E-state index in [-0.39, 0.29) is 6.10 Å². The van der Waals surface area contributed by atoms with Crippen molar-refractivity contribution in [3.05, 3.63) is 28.2 Å². The number of aliphatic hydroxyl groups is 1. The van der Waals surface area contributed by atoms with Crippen LogP contribution in [-0.4, -0.2) is 16.5 Å². The lowest BCUT2D eigenvalue weighted by Gasteiger charge is -2.26. The molecule has 1 aromatic rings. The highest BCUT2D eigenvalue weighted by Crippen LogP contribution is 2.36. The molecule has 1 nitrogen and oxygen atoms in total. The van der Waals surface area contributed by atoms with Gasteiger partial charge >= 0.3 is 0 Å². The first-order chi connectivity index (χ1) is 7.66. The van der Waals surface area contributed by atoms with E-state index in [4.69, 9.17) is 23.2 Å². The van der Waals surface area contributed by atoms with Crippen LogP contribution in [0.25, 0.3) is 0 Å². The number of hydrogen-bond acceptors (Lipinski definition) is 2. The second-order valence-electron chi connectivity index (χ2n) is 4.08. The van der Waals surface area contributed by atoms with Crippen molar-refractivity contribution in [1.82, 2.24) is 0 Å². The van der Waals surface area contributed by atoms with Gasteiger partial charge in [0, 0.05) is 10.1 Å². The molecule has 0 unspecified atom stereocenters. The van der Waals surface area contributed by atoms with Gasteiger partial charge in [-0.05, 0) is 31.0 Å². The minimum absolute atomic E-state index is 0.187. The van der Waals surface area contributed by atoms with E-state index in [1.54, 1.807) is 17.8 Å². The summed E-state index contributed by atoms with van der Waals surface area (Å²) in [5.74, 6) is 0. The molecule has 0 bridgehead atoms. The highest BCUT2D eigenvalue weighted by molar-refractivity contribution is 8.00. The summed E-state index contributed by atoms with van der Waals surface area (Å²) >= 11 is 13.5. The number of rotatable bonds is 2. The molecule has 2 rings (SSSR count). The summed E-state index contributed by atoms with van der Waals surface area (Å²) in [7, 11) is 0. The van der Waals surface area contributed by atoms with Crippen molar-refractivity contribution in [2.24, 2.45) is 0 Å². The van der Waals surface area contributed by atoms with E-state index in [0.29, 0.717) is 15.3 Å². The van der Waals surface area contributed by atoms with Crippen LogP contribution in [0, 0.1) is 0 Å². The maximum atomic E-state index is 9.87. The summed E-state index contributed by atoms with van der Waals surface area (Å²) in [6, 6.07) is 5.64. The third-order valence-electron chi connectivity index (χ3n) is 2.85. The van der Waals surface area contributed by atoms with Crippen LogP contribution in [0.2, 0.25) is 10.0 Å². The largest absolute Gasteiger partial charge is 0.392 e. The minimum atomic E-state index is -0.187. The van der Waals surface area contributed by atoms with Crippen molar-refractivity contribution in [2.75, 3.05) is 0 Å². The number of benzene rings is 1. The Labute approximate surface area is 110 Å². The van der Waals surface area contributed by atoms with E-state index in [1.807, 2.05) is 12.1 Å². The number of thioether (sulfide) groups is 1. The molecule has 2 atom stereocenters. The van der Waals surface area contributed by atoms with Crippen LogP contribution in [0.15, 0.2) is 23.1 Å². The molecule has 1 aliphatic carbocycles. The van der Waals surface area contributed by atoms with E-state index in [0.717, 1.165) is 24.2 Å². The molecular formula is C12H14Cl2OS. The van der Waals surface area contributed by atoms with Crippen LogP contribution in [0.5, 0.6) is 0 Å². The van der Waals surface area contributed by atoms with Crippen molar-refractivity contribution in [3.8, 4) is 0 Å². The Hall–Kier alpha value is 0.110. The third kappa shape index (κ3) is 3.07. The van der Waals surface area contributed by atoms with Crippen molar-refractivity contribution in [1.29, 1.82) is 0 Å². The second-order valence-corrected chi connectivity index (χ2v) is 6.21. The van der Waals surface area contributed by atoms with E-state index in [9.17, 15) is 5.11 Å². The van der Waals surface area contributed by atoms with Crippen molar-refractivity contribution < 1.29 is 5.11 Å². The first-order valence-corrected chi connectivity index (χ1v) is 7.10. The molecule has 0 amide bonds. The Bertz CT molecular complexity index is 370. The lowest BCUT2D eigenvalue weighted by atomic mass is 9.97. The molecule has 0 aromatic heterocycles. The van der Waals surface area contributed by atoms with Crippen LogP contribution in [0.3, 0.4) is 0 Å². The fraction of sp³-hybridized carbons (Fsp3) is 0.500. The minimum Gasteiger partial charge on any atom is -0.392 e. The Morgan fingerprint density at radius 2 is 1.88 bits per heavy atom. The summed E-state index contributed by atoms with van der Waals surface area (Å²) in [6.07, 6.45) is 4.15. The van der Waals surface area contributed by atoms with Gasteiger partial charge in [0.25, 0.3) is 0 Å². The maximum Gasteiger partial charge on any atom is 0.0662 e. The Balaban J connectivity index is 2.05. The van der Waals surface area contributed by atoms with Crippen molar-refractivity contribution in [2.45, 2.75) is 41.9 Å². The third-order valence-corrected chi connectivity index (χ3v) is 4.96. The van der Waals surface area contributed by atoms with Gasteiger partial charge in [-0.25, -0.2) is 0 Å². The average molecular weight is 277 g/mol. The predicted molar refractivity (Wildman–Crippen MR) is 70.6 cm³/mol. The normalized spacial score (nSPS) is 25.7. The van der Waals surface area contributed by atoms with Crippen molar-refractivity contribution in [3.63, 3.8) is 0 Å². The van der Waals surface area contributed by atoms with Gasteiger partial charge in [0.2, 0.25) is 0 Å². The molecule has 1 aromatic carbocycles. The highest BCUT2D eigenvalue weighted by Gasteiger charge is 2.23. The molecule has 1 aliphatic rings. The molecule has 1 fully saturated rings. The summed E-state index contributed by atoms with van der Waals surface area (Å²) < 4.78 is 0. The zero-order chi connectivity index (χ0) is 11.5. The number of hydrogen-bond donors (Lipinski definition) is 1. The highest BCUT2D eigenvalue weighted by atomic mass is 35.5. The van der Waals surface area contributed by atoms with Gasteiger partial charge in [0.1, 0.15) is 0 Å². The SMILES string of the molecule is O[C@H]1CCCC[C@@H]1Sc1ccc(Cl)c(Cl)c1. The molecule has 4 heteroatoms. The van der Waals surface area contributed by atoms with Gasteiger partial charge in [-0.15, -0.1) is 11.8 Å². The van der Waals surface area contributed by atoms with Gasteiger partial charge < -0.3 is 5.11 Å². The first-order valence-electron chi connectivity index (χ1n) is 5.46. The Kier molecular flexibility index (Phi) is 4.42. The number of aliphatic hydroxyl groups excluding tert-OH is 1. The van der Waals surface area contributed by atoms with Gasteiger partial charge in [-0.1, -0.05) is 36.0 Å². The van der Waals surface area contributed by atoms with E-state index >= 15 is 0 Å². The maximum absolute atomic E-state index is 9.87. The Morgan fingerprint density at radius 1 is 1.12 bits per heavy atom. The molecule has 1 N–H and O–H groups in total. The van der Waals surface area contributed by atoms with Crippen LogP contribution >= 0.6 is 35.0 Å². The summed E-state index contributed by atoms with van der Waals surface area (Å²) in [5.41, 5.74) is 0. The quantitative estimate of drug-likeness (QED) is 0.865. The van der Waals surface area contributed by atoms with Gasteiger partial charge in [-0.2, -0.15) is 0 Å². The molecule has 16 heavy (non-hydrogen) atoms. The summed E-state index contributed by atoms with van der Waals surface area (Å²) in [6.45, 7) is 0. The van der Waals surface area contributed by atoms with Gasteiger partial charge in [0.05, 0.1) is 16.1 Å². The van der Waals surface area contributed by atoms with Gasteiger partial charge in [-0.3, -0.25) is 0 Å². The second kappa shape index (κ2) is 5.63. The number of halogens is 2. The van der Waals surface area contributed by atoms with Gasteiger partial charge in [0.15, 0.2) is 0 Å². The molecule has 0 heterocycles. The smallest absolute Gasteiger partial charge is 0.0662 e. The lowest BCUT2D eigenvalue weighted by Crippen LogP contribution is -2.26. The molecule has 0 aliphatic heterocycles. The molecule has 1 saturated carbocycles. The van der Waals surface area contributed by atoms with Crippen LogP contribution < -0.4 is 0 Å². The van der Waals surface area contributed by atoms with Crippen LogP contribution in [0.1, 0.15) is 25.7 Å².